The number of thiazole rings is 1. The SMILES string of the molecule is CCOC(=O)N1CCC(C(=O)Nc2nc3c(ccc4ccccc43)s2)CC1. The Morgan fingerprint density at radius 1 is 1.22 bits per heavy atom. The largest absolute Gasteiger partial charge is 0.450 e. The Morgan fingerprint density at radius 2 is 2.00 bits per heavy atom. The van der Waals surface area contributed by atoms with Crippen molar-refractivity contribution in [3.63, 3.8) is 0 Å². The number of piperidine rings is 1. The van der Waals surface area contributed by atoms with Gasteiger partial charge in [0.2, 0.25) is 5.91 Å². The van der Waals surface area contributed by atoms with Crippen molar-refractivity contribution < 1.29 is 14.3 Å². The summed E-state index contributed by atoms with van der Waals surface area (Å²) in [5, 5.41) is 5.82. The maximum atomic E-state index is 12.6. The summed E-state index contributed by atoms with van der Waals surface area (Å²) in [6.07, 6.45) is 0.978. The second kappa shape index (κ2) is 7.52. The molecule has 1 aliphatic heterocycles. The van der Waals surface area contributed by atoms with Gasteiger partial charge in [0, 0.05) is 24.4 Å². The van der Waals surface area contributed by atoms with Crippen LogP contribution in [0.4, 0.5) is 9.93 Å². The van der Waals surface area contributed by atoms with Crippen molar-refractivity contribution in [3.8, 4) is 0 Å². The van der Waals surface area contributed by atoms with Crippen molar-refractivity contribution in [2.75, 3.05) is 25.0 Å². The summed E-state index contributed by atoms with van der Waals surface area (Å²) in [7, 11) is 0. The fraction of sp³-hybridized carbons (Fsp3) is 0.350. The maximum Gasteiger partial charge on any atom is 0.409 e. The molecule has 140 valence electrons. The summed E-state index contributed by atoms with van der Waals surface area (Å²) in [6.45, 7) is 3.24. The zero-order valence-corrected chi connectivity index (χ0v) is 15.9. The Hall–Kier alpha value is -2.67. The van der Waals surface area contributed by atoms with Gasteiger partial charge in [-0.25, -0.2) is 9.78 Å². The number of amides is 2. The topological polar surface area (TPSA) is 71.5 Å². The molecule has 1 aromatic heterocycles. The predicted molar refractivity (Wildman–Crippen MR) is 107 cm³/mol. The number of anilines is 1. The zero-order valence-electron chi connectivity index (χ0n) is 15.1. The third-order valence-electron chi connectivity index (χ3n) is 4.91. The van der Waals surface area contributed by atoms with Gasteiger partial charge in [0.15, 0.2) is 5.13 Å². The van der Waals surface area contributed by atoms with E-state index in [2.05, 4.69) is 22.4 Å². The molecule has 0 bridgehead atoms. The number of likely N-dealkylation sites (tertiary alicyclic amines) is 1. The summed E-state index contributed by atoms with van der Waals surface area (Å²) in [6, 6.07) is 12.2. The number of rotatable bonds is 3. The minimum atomic E-state index is -0.297. The molecule has 0 spiro atoms. The van der Waals surface area contributed by atoms with E-state index in [9.17, 15) is 9.59 Å². The van der Waals surface area contributed by atoms with Crippen LogP contribution in [-0.4, -0.2) is 41.6 Å². The molecule has 1 aliphatic rings. The van der Waals surface area contributed by atoms with Gasteiger partial charge in [0.1, 0.15) is 0 Å². The Morgan fingerprint density at radius 3 is 2.78 bits per heavy atom. The van der Waals surface area contributed by atoms with Gasteiger partial charge in [-0.1, -0.05) is 41.7 Å². The van der Waals surface area contributed by atoms with Crippen molar-refractivity contribution in [1.29, 1.82) is 0 Å². The highest BCUT2D eigenvalue weighted by atomic mass is 32.1. The van der Waals surface area contributed by atoms with Crippen LogP contribution in [0.1, 0.15) is 19.8 Å². The predicted octanol–water partition coefficient (Wildman–Crippen LogP) is 4.26. The average molecular weight is 383 g/mol. The molecule has 1 saturated heterocycles. The summed E-state index contributed by atoms with van der Waals surface area (Å²) >= 11 is 1.49. The van der Waals surface area contributed by atoms with Crippen LogP contribution in [0.3, 0.4) is 0 Å². The summed E-state index contributed by atoms with van der Waals surface area (Å²) in [5.41, 5.74) is 0.922. The van der Waals surface area contributed by atoms with Crippen molar-refractivity contribution in [2.45, 2.75) is 19.8 Å². The fourth-order valence-electron chi connectivity index (χ4n) is 3.46. The molecule has 0 radical (unpaired) electrons. The van der Waals surface area contributed by atoms with Crippen LogP contribution in [0.2, 0.25) is 0 Å². The lowest BCUT2D eigenvalue weighted by atomic mass is 9.96. The summed E-state index contributed by atoms with van der Waals surface area (Å²) < 4.78 is 6.08. The summed E-state index contributed by atoms with van der Waals surface area (Å²) in [4.78, 5) is 30.7. The molecule has 27 heavy (non-hydrogen) atoms. The van der Waals surface area contributed by atoms with Crippen LogP contribution >= 0.6 is 11.3 Å². The van der Waals surface area contributed by atoms with E-state index in [0.29, 0.717) is 37.7 Å². The van der Waals surface area contributed by atoms with Gasteiger partial charge in [0.25, 0.3) is 0 Å². The van der Waals surface area contributed by atoms with Gasteiger partial charge >= 0.3 is 6.09 Å². The van der Waals surface area contributed by atoms with Gasteiger partial charge in [-0.15, -0.1) is 0 Å². The first-order valence-corrected chi connectivity index (χ1v) is 9.98. The molecule has 4 rings (SSSR count). The molecule has 7 heteroatoms. The van der Waals surface area contributed by atoms with E-state index >= 15 is 0 Å². The second-order valence-electron chi connectivity index (χ2n) is 6.60. The average Bonchev–Trinajstić information content (AvgIpc) is 3.11. The van der Waals surface area contributed by atoms with Crippen LogP contribution in [0.15, 0.2) is 36.4 Å². The van der Waals surface area contributed by atoms with Gasteiger partial charge in [-0.3, -0.25) is 4.79 Å². The van der Waals surface area contributed by atoms with Crippen molar-refractivity contribution in [1.82, 2.24) is 9.88 Å². The molecular formula is C20H21N3O3S. The van der Waals surface area contributed by atoms with E-state index in [4.69, 9.17) is 4.74 Å². The van der Waals surface area contributed by atoms with E-state index in [0.717, 1.165) is 21.0 Å². The highest BCUT2D eigenvalue weighted by Gasteiger charge is 2.28. The molecule has 0 unspecified atom stereocenters. The second-order valence-corrected chi connectivity index (χ2v) is 7.63. The molecule has 6 nitrogen and oxygen atoms in total. The molecule has 0 aliphatic carbocycles. The molecule has 2 aromatic carbocycles. The minimum absolute atomic E-state index is 0.0260. The van der Waals surface area contributed by atoms with Crippen molar-refractivity contribution >= 4 is 49.5 Å². The van der Waals surface area contributed by atoms with Crippen LogP contribution in [-0.2, 0) is 9.53 Å². The van der Waals surface area contributed by atoms with Crippen LogP contribution < -0.4 is 5.32 Å². The molecule has 2 amide bonds. The number of aromatic nitrogens is 1. The molecular weight excluding hydrogens is 362 g/mol. The number of hydrogen-bond acceptors (Lipinski definition) is 5. The quantitative estimate of drug-likeness (QED) is 0.734. The standard InChI is InChI=1S/C20H21N3O3S/c1-2-26-20(25)23-11-9-14(10-12-23)18(24)22-19-21-17-15-6-4-3-5-13(15)7-8-16(17)27-19/h3-8,14H,2,9-12H2,1H3,(H,21,22,24). The fourth-order valence-corrected chi connectivity index (χ4v) is 4.35. The monoisotopic (exact) mass is 383 g/mol. The van der Waals surface area contributed by atoms with E-state index in [1.165, 1.54) is 11.3 Å². The number of ether oxygens (including phenoxy) is 1. The first-order valence-electron chi connectivity index (χ1n) is 9.16. The highest BCUT2D eigenvalue weighted by molar-refractivity contribution is 7.22. The lowest BCUT2D eigenvalue weighted by Crippen LogP contribution is -2.41. The van der Waals surface area contributed by atoms with E-state index in [-0.39, 0.29) is 17.9 Å². The van der Waals surface area contributed by atoms with E-state index in [1.807, 2.05) is 24.3 Å². The first kappa shape index (κ1) is 17.7. The number of benzene rings is 2. The van der Waals surface area contributed by atoms with Crippen LogP contribution in [0.5, 0.6) is 0 Å². The molecule has 1 fully saturated rings. The third kappa shape index (κ3) is 3.60. The molecule has 2 heterocycles. The maximum absolute atomic E-state index is 12.6. The summed E-state index contributed by atoms with van der Waals surface area (Å²) in [5.74, 6) is -0.138. The van der Waals surface area contributed by atoms with Gasteiger partial charge < -0.3 is 15.0 Å². The number of nitrogens with zero attached hydrogens (tertiary/aromatic N) is 2. The minimum Gasteiger partial charge on any atom is -0.450 e. The van der Waals surface area contributed by atoms with Gasteiger partial charge in [-0.05, 0) is 31.2 Å². The number of nitrogens with one attached hydrogen (secondary N) is 1. The lowest BCUT2D eigenvalue weighted by Gasteiger charge is -2.30. The Balaban J connectivity index is 1.44. The highest BCUT2D eigenvalue weighted by Crippen LogP contribution is 2.32. The molecule has 0 atom stereocenters. The normalized spacial score (nSPS) is 15.2. The van der Waals surface area contributed by atoms with Gasteiger partial charge in [0.05, 0.1) is 16.8 Å². The van der Waals surface area contributed by atoms with Crippen LogP contribution in [0, 0.1) is 5.92 Å². The Bertz CT molecular complexity index is 992. The Kier molecular flexibility index (Phi) is 4.94. The third-order valence-corrected chi connectivity index (χ3v) is 5.84. The zero-order chi connectivity index (χ0) is 18.8. The number of fused-ring (bicyclic) bond motifs is 3. The number of carbonyl (C=O) groups excluding carboxylic acids is 2. The molecule has 1 N–H and O–H groups in total. The van der Waals surface area contributed by atoms with Crippen molar-refractivity contribution in [3.05, 3.63) is 36.4 Å². The molecule has 3 aromatic rings. The number of carbonyl (C=O) groups is 2. The van der Waals surface area contributed by atoms with Gasteiger partial charge in [-0.2, -0.15) is 0 Å². The van der Waals surface area contributed by atoms with E-state index in [1.54, 1.807) is 11.8 Å². The smallest absolute Gasteiger partial charge is 0.409 e. The van der Waals surface area contributed by atoms with Crippen LogP contribution in [0.25, 0.3) is 21.0 Å². The molecule has 0 saturated carbocycles. The Labute approximate surface area is 161 Å². The lowest BCUT2D eigenvalue weighted by molar-refractivity contribution is -0.121. The first-order chi connectivity index (χ1) is 13.2. The van der Waals surface area contributed by atoms with Crippen molar-refractivity contribution in [2.24, 2.45) is 5.92 Å². The number of hydrogen-bond donors (Lipinski definition) is 1. The van der Waals surface area contributed by atoms with E-state index < -0.39 is 0 Å².